The fourth-order valence-electron chi connectivity index (χ4n) is 5.51. The number of hydrogen-bond donors (Lipinski definition) is 1. The van der Waals surface area contributed by atoms with Crippen LogP contribution in [-0.2, 0) is 17.6 Å². The number of nitrogens with zero attached hydrogens (tertiary/aromatic N) is 1. The lowest BCUT2D eigenvalue weighted by Crippen LogP contribution is -2.52. The van der Waals surface area contributed by atoms with Gasteiger partial charge in [-0.2, -0.15) is 0 Å². The number of ether oxygens (including phenoxy) is 1. The fourth-order valence-corrected chi connectivity index (χ4v) is 6.68. The van der Waals surface area contributed by atoms with Crippen LogP contribution in [-0.4, -0.2) is 49.2 Å². The smallest absolute Gasteiger partial charge is 0.261 e. The molecule has 1 atom stereocenters. The van der Waals surface area contributed by atoms with Gasteiger partial charge in [0, 0.05) is 29.9 Å². The molecule has 0 bridgehead atoms. The van der Waals surface area contributed by atoms with Crippen LogP contribution in [0, 0.1) is 5.41 Å². The zero-order chi connectivity index (χ0) is 21.0. The number of hydrogen-bond acceptors (Lipinski definition) is 4. The second-order valence-corrected chi connectivity index (χ2v) is 11.3. The third-order valence-electron chi connectivity index (χ3n) is 7.24. The number of likely N-dealkylation sites (tertiary alicyclic amines) is 1. The molecule has 1 aromatic heterocycles. The van der Waals surface area contributed by atoms with Gasteiger partial charge in [-0.25, -0.2) is 0 Å². The Morgan fingerprint density at radius 2 is 2.00 bits per heavy atom. The van der Waals surface area contributed by atoms with Crippen molar-refractivity contribution in [3.8, 4) is 0 Å². The van der Waals surface area contributed by atoms with Gasteiger partial charge in [-0.3, -0.25) is 4.79 Å². The number of aryl methyl sites for hydroxylation is 2. The van der Waals surface area contributed by atoms with Crippen molar-refractivity contribution in [2.75, 3.05) is 26.2 Å². The predicted molar refractivity (Wildman–Crippen MR) is 124 cm³/mol. The van der Waals surface area contributed by atoms with E-state index in [1.54, 1.807) is 11.3 Å². The SMILES string of the molecule is CC(C)OC1CCCN(CC2(CNC(=O)c3cc4c(s3)CCCCCC4)CCC2)C1. The topological polar surface area (TPSA) is 41.6 Å². The molecule has 4 rings (SSSR count). The van der Waals surface area contributed by atoms with E-state index in [2.05, 4.69) is 30.1 Å². The molecule has 1 amide bonds. The Morgan fingerprint density at radius 3 is 2.73 bits per heavy atom. The van der Waals surface area contributed by atoms with E-state index in [1.807, 2.05) is 0 Å². The molecule has 2 aliphatic carbocycles. The van der Waals surface area contributed by atoms with Crippen molar-refractivity contribution < 1.29 is 9.53 Å². The molecule has 1 aliphatic heterocycles. The van der Waals surface area contributed by atoms with Crippen LogP contribution in [0.25, 0.3) is 0 Å². The number of carbonyl (C=O) groups excluding carboxylic acids is 1. The van der Waals surface area contributed by atoms with Crippen molar-refractivity contribution in [3.05, 3.63) is 21.4 Å². The van der Waals surface area contributed by atoms with Gasteiger partial charge in [-0.15, -0.1) is 11.3 Å². The van der Waals surface area contributed by atoms with Crippen LogP contribution >= 0.6 is 11.3 Å². The molecule has 0 radical (unpaired) electrons. The van der Waals surface area contributed by atoms with E-state index < -0.39 is 0 Å². The number of fused-ring (bicyclic) bond motifs is 1. The maximum absolute atomic E-state index is 13.0. The van der Waals surface area contributed by atoms with Gasteiger partial charge in [0.25, 0.3) is 5.91 Å². The van der Waals surface area contributed by atoms with Gasteiger partial charge in [-0.1, -0.05) is 19.3 Å². The minimum absolute atomic E-state index is 0.151. The van der Waals surface area contributed by atoms with Gasteiger partial charge >= 0.3 is 0 Å². The molecular formula is C25H40N2O2S. The van der Waals surface area contributed by atoms with E-state index in [4.69, 9.17) is 4.74 Å². The molecule has 0 aromatic carbocycles. The molecule has 3 aliphatic rings. The number of rotatable bonds is 7. The molecule has 2 heterocycles. The summed E-state index contributed by atoms with van der Waals surface area (Å²) >= 11 is 1.74. The van der Waals surface area contributed by atoms with E-state index in [0.717, 1.165) is 37.4 Å². The normalized spacial score (nSPS) is 24.6. The molecule has 0 spiro atoms. The third-order valence-corrected chi connectivity index (χ3v) is 8.48. The van der Waals surface area contributed by atoms with Crippen LogP contribution in [0.5, 0.6) is 0 Å². The summed E-state index contributed by atoms with van der Waals surface area (Å²) in [5, 5.41) is 3.33. The summed E-state index contributed by atoms with van der Waals surface area (Å²) < 4.78 is 6.09. The van der Waals surface area contributed by atoms with Gasteiger partial charge in [0.15, 0.2) is 0 Å². The highest BCUT2D eigenvalue weighted by atomic mass is 32.1. The fraction of sp³-hybridized carbons (Fsp3) is 0.800. The number of carbonyl (C=O) groups is 1. The minimum atomic E-state index is 0.151. The highest BCUT2D eigenvalue weighted by molar-refractivity contribution is 7.14. The molecule has 5 heteroatoms. The van der Waals surface area contributed by atoms with Crippen LogP contribution in [0.15, 0.2) is 6.07 Å². The van der Waals surface area contributed by atoms with Crippen LogP contribution < -0.4 is 5.32 Å². The average molecular weight is 433 g/mol. The van der Waals surface area contributed by atoms with Crippen molar-refractivity contribution in [1.29, 1.82) is 0 Å². The molecule has 1 N–H and O–H groups in total. The first-order chi connectivity index (χ1) is 14.5. The summed E-state index contributed by atoms with van der Waals surface area (Å²) in [6.45, 7) is 8.41. The summed E-state index contributed by atoms with van der Waals surface area (Å²) in [4.78, 5) is 17.9. The average Bonchev–Trinajstić information content (AvgIpc) is 3.05. The second kappa shape index (κ2) is 10.1. The summed E-state index contributed by atoms with van der Waals surface area (Å²) in [6.07, 6.45) is 14.4. The second-order valence-electron chi connectivity index (χ2n) is 10.2. The minimum Gasteiger partial charge on any atom is -0.374 e. The Hall–Kier alpha value is -0.910. The van der Waals surface area contributed by atoms with Gasteiger partial charge in [0.05, 0.1) is 17.1 Å². The predicted octanol–water partition coefficient (Wildman–Crippen LogP) is 5.20. The van der Waals surface area contributed by atoms with Crippen molar-refractivity contribution in [2.45, 2.75) is 96.7 Å². The lowest BCUT2D eigenvalue weighted by molar-refractivity contribution is -0.0476. The summed E-state index contributed by atoms with van der Waals surface area (Å²) in [7, 11) is 0. The van der Waals surface area contributed by atoms with E-state index in [1.165, 1.54) is 74.8 Å². The van der Waals surface area contributed by atoms with E-state index >= 15 is 0 Å². The van der Waals surface area contributed by atoms with Gasteiger partial charge in [-0.05, 0) is 83.4 Å². The Labute approximate surface area is 186 Å². The Bertz CT molecular complexity index is 685. The zero-order valence-corrected chi connectivity index (χ0v) is 19.8. The molecule has 168 valence electrons. The van der Waals surface area contributed by atoms with Crippen LogP contribution in [0.2, 0.25) is 0 Å². The molecule has 2 fully saturated rings. The Kier molecular flexibility index (Phi) is 7.53. The quantitative estimate of drug-likeness (QED) is 0.644. The molecule has 1 saturated heterocycles. The van der Waals surface area contributed by atoms with E-state index in [-0.39, 0.29) is 11.3 Å². The monoisotopic (exact) mass is 432 g/mol. The first-order valence-electron chi connectivity index (χ1n) is 12.3. The van der Waals surface area contributed by atoms with Gasteiger partial charge < -0.3 is 15.0 Å². The van der Waals surface area contributed by atoms with Crippen molar-refractivity contribution in [2.24, 2.45) is 5.41 Å². The highest BCUT2D eigenvalue weighted by Crippen LogP contribution is 2.41. The van der Waals surface area contributed by atoms with Crippen LogP contribution in [0.3, 0.4) is 0 Å². The largest absolute Gasteiger partial charge is 0.374 e. The Morgan fingerprint density at radius 1 is 1.20 bits per heavy atom. The van der Waals surface area contributed by atoms with Crippen LogP contribution in [0.4, 0.5) is 0 Å². The number of thiophene rings is 1. The maximum atomic E-state index is 13.0. The number of amides is 1. The van der Waals surface area contributed by atoms with Crippen molar-refractivity contribution in [3.63, 3.8) is 0 Å². The molecule has 4 nitrogen and oxygen atoms in total. The van der Waals surface area contributed by atoms with Gasteiger partial charge in [0.1, 0.15) is 0 Å². The summed E-state index contributed by atoms with van der Waals surface area (Å²) in [6, 6.07) is 2.19. The lowest BCUT2D eigenvalue weighted by Gasteiger charge is -2.47. The first-order valence-corrected chi connectivity index (χ1v) is 13.1. The van der Waals surface area contributed by atoms with Crippen LogP contribution in [0.1, 0.15) is 91.7 Å². The zero-order valence-electron chi connectivity index (χ0n) is 19.0. The molecular weight excluding hydrogens is 392 g/mol. The Balaban J connectivity index is 1.31. The van der Waals surface area contributed by atoms with Crippen molar-refractivity contribution in [1.82, 2.24) is 10.2 Å². The summed E-state index contributed by atoms with van der Waals surface area (Å²) in [5.74, 6) is 0.151. The standard InChI is InChI=1S/C25H40N2O2S/c1-19(2)29-21-10-7-14-27(16-21)18-25(12-8-13-25)17-26-24(28)23-15-20-9-5-3-4-6-11-22(20)30-23/h15,19,21H,3-14,16-18H2,1-2H3,(H,26,28). The number of nitrogens with one attached hydrogen (secondary N) is 1. The third kappa shape index (κ3) is 5.66. The first kappa shape index (κ1) is 22.3. The molecule has 1 aromatic rings. The molecule has 30 heavy (non-hydrogen) atoms. The highest BCUT2D eigenvalue weighted by Gasteiger charge is 2.40. The molecule has 1 saturated carbocycles. The lowest BCUT2D eigenvalue weighted by atomic mass is 9.68. The van der Waals surface area contributed by atoms with Crippen molar-refractivity contribution >= 4 is 17.2 Å². The van der Waals surface area contributed by atoms with E-state index in [9.17, 15) is 4.79 Å². The van der Waals surface area contributed by atoms with E-state index in [0.29, 0.717) is 12.2 Å². The number of piperidine rings is 1. The van der Waals surface area contributed by atoms with Gasteiger partial charge in [0.2, 0.25) is 0 Å². The molecule has 1 unspecified atom stereocenters. The summed E-state index contributed by atoms with van der Waals surface area (Å²) in [5.41, 5.74) is 1.70. The maximum Gasteiger partial charge on any atom is 0.261 e.